The standard InChI is InChI=1S/C9H9N3O4S/c1-11-7-6(8(15)12(2)9(11)16)4(17-10-7)3-5(13)14/h3H2,1-2H3,(H,13,14). The van der Waals surface area contributed by atoms with Gasteiger partial charge in [0, 0.05) is 14.1 Å². The van der Waals surface area contributed by atoms with Crippen LogP contribution in [0.5, 0.6) is 0 Å². The van der Waals surface area contributed by atoms with E-state index in [2.05, 4.69) is 4.37 Å². The largest absolute Gasteiger partial charge is 0.481 e. The Morgan fingerprint density at radius 1 is 1.35 bits per heavy atom. The first-order valence-corrected chi connectivity index (χ1v) is 5.47. The Bertz CT molecular complexity index is 724. The van der Waals surface area contributed by atoms with Crippen molar-refractivity contribution in [2.24, 2.45) is 14.1 Å². The Morgan fingerprint density at radius 3 is 2.59 bits per heavy atom. The number of carbonyl (C=O) groups is 1. The smallest absolute Gasteiger partial charge is 0.332 e. The number of aliphatic carboxylic acids is 1. The molecule has 0 unspecified atom stereocenters. The molecular formula is C9H9N3O4S. The number of hydrogen-bond donors (Lipinski definition) is 1. The first-order chi connectivity index (χ1) is 7.93. The van der Waals surface area contributed by atoms with Crippen LogP contribution in [0, 0.1) is 0 Å². The van der Waals surface area contributed by atoms with E-state index in [-0.39, 0.29) is 17.5 Å². The molecule has 0 aliphatic carbocycles. The Balaban J connectivity index is 2.90. The number of carboxylic acids is 1. The van der Waals surface area contributed by atoms with Crippen molar-refractivity contribution in [1.29, 1.82) is 0 Å². The van der Waals surface area contributed by atoms with Crippen molar-refractivity contribution < 1.29 is 9.90 Å². The maximum atomic E-state index is 11.9. The molecule has 2 heterocycles. The number of hydrogen-bond acceptors (Lipinski definition) is 5. The molecule has 2 aromatic rings. The van der Waals surface area contributed by atoms with Gasteiger partial charge in [-0.1, -0.05) is 0 Å². The van der Waals surface area contributed by atoms with Gasteiger partial charge in [-0.05, 0) is 11.5 Å². The Labute approximate surface area is 98.7 Å². The van der Waals surface area contributed by atoms with Crippen molar-refractivity contribution in [2.75, 3.05) is 0 Å². The summed E-state index contributed by atoms with van der Waals surface area (Å²) in [5.41, 5.74) is -0.748. The molecule has 0 amide bonds. The molecule has 2 rings (SSSR count). The second-order valence-corrected chi connectivity index (χ2v) is 4.44. The molecule has 0 spiro atoms. The van der Waals surface area contributed by atoms with Crippen molar-refractivity contribution in [1.82, 2.24) is 13.5 Å². The molecule has 0 radical (unpaired) electrons. The van der Waals surface area contributed by atoms with E-state index in [4.69, 9.17) is 5.11 Å². The van der Waals surface area contributed by atoms with Gasteiger partial charge in [-0.3, -0.25) is 18.7 Å². The normalized spacial score (nSPS) is 10.9. The minimum atomic E-state index is -1.04. The van der Waals surface area contributed by atoms with Crippen LogP contribution in [0.25, 0.3) is 11.0 Å². The van der Waals surface area contributed by atoms with Gasteiger partial charge in [-0.15, -0.1) is 0 Å². The van der Waals surface area contributed by atoms with E-state index in [1.54, 1.807) is 0 Å². The van der Waals surface area contributed by atoms with Crippen LogP contribution < -0.4 is 11.2 Å². The van der Waals surface area contributed by atoms with E-state index >= 15 is 0 Å². The highest BCUT2D eigenvalue weighted by atomic mass is 32.1. The van der Waals surface area contributed by atoms with Gasteiger partial charge < -0.3 is 5.11 Å². The number of aromatic nitrogens is 3. The number of fused-ring (bicyclic) bond motifs is 1. The monoisotopic (exact) mass is 255 g/mol. The van der Waals surface area contributed by atoms with Crippen LogP contribution >= 0.6 is 11.5 Å². The number of carboxylic acid groups (broad SMARTS) is 1. The molecule has 0 aliphatic heterocycles. The SMILES string of the molecule is Cn1c(=O)c2c(CC(=O)O)snc2n(C)c1=O. The molecule has 0 aromatic carbocycles. The fraction of sp³-hybridized carbons (Fsp3) is 0.333. The van der Waals surface area contributed by atoms with Gasteiger partial charge in [0.2, 0.25) is 0 Å². The van der Waals surface area contributed by atoms with Gasteiger partial charge in [-0.2, -0.15) is 4.37 Å². The average Bonchev–Trinajstić information content (AvgIpc) is 2.66. The molecule has 0 aliphatic rings. The molecule has 0 fully saturated rings. The van der Waals surface area contributed by atoms with Crippen LogP contribution in [0.3, 0.4) is 0 Å². The van der Waals surface area contributed by atoms with Crippen LogP contribution in [0.4, 0.5) is 0 Å². The summed E-state index contributed by atoms with van der Waals surface area (Å²) in [7, 11) is 2.85. The highest BCUT2D eigenvalue weighted by Gasteiger charge is 2.17. The van der Waals surface area contributed by atoms with Crippen molar-refractivity contribution in [3.8, 4) is 0 Å². The van der Waals surface area contributed by atoms with Crippen LogP contribution in [0.1, 0.15) is 4.88 Å². The quantitative estimate of drug-likeness (QED) is 0.767. The van der Waals surface area contributed by atoms with Crippen molar-refractivity contribution in [3.05, 3.63) is 25.7 Å². The number of nitrogens with zero attached hydrogens (tertiary/aromatic N) is 3. The highest BCUT2D eigenvalue weighted by molar-refractivity contribution is 7.07. The molecule has 8 heteroatoms. The number of rotatable bonds is 2. The lowest BCUT2D eigenvalue weighted by Gasteiger charge is -2.02. The predicted octanol–water partition coefficient (Wildman–Crippen LogP) is -0.679. The van der Waals surface area contributed by atoms with E-state index in [1.165, 1.54) is 18.7 Å². The maximum Gasteiger partial charge on any atom is 0.332 e. The third-order valence-electron chi connectivity index (χ3n) is 2.47. The highest BCUT2D eigenvalue weighted by Crippen LogP contribution is 2.17. The average molecular weight is 255 g/mol. The van der Waals surface area contributed by atoms with E-state index in [1.807, 2.05) is 0 Å². The van der Waals surface area contributed by atoms with Gasteiger partial charge >= 0.3 is 11.7 Å². The number of aryl methyl sites for hydroxylation is 1. The molecule has 90 valence electrons. The molecule has 0 bridgehead atoms. The summed E-state index contributed by atoms with van der Waals surface area (Å²) in [5, 5.41) is 8.94. The molecule has 1 N–H and O–H groups in total. The van der Waals surface area contributed by atoms with Gasteiger partial charge in [-0.25, -0.2) is 4.79 Å². The van der Waals surface area contributed by atoms with Gasteiger partial charge in [0.05, 0.1) is 16.7 Å². The second-order valence-electron chi connectivity index (χ2n) is 3.58. The first-order valence-electron chi connectivity index (χ1n) is 4.69. The summed E-state index contributed by atoms with van der Waals surface area (Å²) in [6.45, 7) is 0. The fourth-order valence-electron chi connectivity index (χ4n) is 1.59. The zero-order chi connectivity index (χ0) is 12.7. The zero-order valence-electron chi connectivity index (χ0n) is 9.13. The minimum Gasteiger partial charge on any atom is -0.481 e. The van der Waals surface area contributed by atoms with Gasteiger partial charge in [0.25, 0.3) is 5.56 Å². The topological polar surface area (TPSA) is 94.2 Å². The van der Waals surface area contributed by atoms with Gasteiger partial charge in [0.15, 0.2) is 5.65 Å². The van der Waals surface area contributed by atoms with E-state index in [9.17, 15) is 14.4 Å². The Morgan fingerprint density at radius 2 is 2.00 bits per heavy atom. The lowest BCUT2D eigenvalue weighted by atomic mass is 10.2. The third kappa shape index (κ3) is 1.66. The van der Waals surface area contributed by atoms with Crippen molar-refractivity contribution >= 4 is 28.5 Å². The molecule has 0 saturated heterocycles. The lowest BCUT2D eigenvalue weighted by Crippen LogP contribution is -2.37. The van der Waals surface area contributed by atoms with Crippen LogP contribution in [-0.4, -0.2) is 24.6 Å². The van der Waals surface area contributed by atoms with E-state index in [0.29, 0.717) is 4.88 Å². The molecule has 0 atom stereocenters. The second kappa shape index (κ2) is 3.81. The van der Waals surface area contributed by atoms with Crippen LogP contribution in [0.2, 0.25) is 0 Å². The molecule has 2 aromatic heterocycles. The Kier molecular flexibility index (Phi) is 2.58. The zero-order valence-corrected chi connectivity index (χ0v) is 9.95. The minimum absolute atomic E-state index is 0.210. The molecule has 7 nitrogen and oxygen atoms in total. The molecular weight excluding hydrogens is 246 g/mol. The summed E-state index contributed by atoms with van der Waals surface area (Å²) in [6.07, 6.45) is -0.269. The van der Waals surface area contributed by atoms with E-state index in [0.717, 1.165) is 16.1 Å². The fourth-order valence-corrected chi connectivity index (χ4v) is 2.45. The van der Waals surface area contributed by atoms with Crippen molar-refractivity contribution in [2.45, 2.75) is 6.42 Å². The summed E-state index contributed by atoms with van der Waals surface area (Å²) in [4.78, 5) is 34.5. The third-order valence-corrected chi connectivity index (χ3v) is 3.30. The summed E-state index contributed by atoms with van der Waals surface area (Å²) < 4.78 is 6.14. The predicted molar refractivity (Wildman–Crippen MR) is 61.4 cm³/mol. The maximum absolute atomic E-state index is 11.9. The summed E-state index contributed by atoms with van der Waals surface area (Å²) >= 11 is 0.933. The summed E-state index contributed by atoms with van der Waals surface area (Å²) in [5.74, 6) is -1.04. The summed E-state index contributed by atoms with van der Waals surface area (Å²) in [6, 6.07) is 0. The molecule has 0 saturated carbocycles. The lowest BCUT2D eigenvalue weighted by molar-refractivity contribution is -0.136. The van der Waals surface area contributed by atoms with Crippen molar-refractivity contribution in [3.63, 3.8) is 0 Å². The van der Waals surface area contributed by atoms with Crippen LogP contribution in [-0.2, 0) is 25.3 Å². The first kappa shape index (κ1) is 11.5. The molecule has 17 heavy (non-hydrogen) atoms. The van der Waals surface area contributed by atoms with Gasteiger partial charge in [0.1, 0.15) is 0 Å². The van der Waals surface area contributed by atoms with E-state index < -0.39 is 17.2 Å². The Hall–Kier alpha value is -1.96. The van der Waals surface area contributed by atoms with Crippen LogP contribution in [0.15, 0.2) is 9.59 Å².